The molecule has 2 rings (SSSR count). The van der Waals surface area contributed by atoms with Crippen molar-refractivity contribution in [3.8, 4) is 0 Å². The van der Waals surface area contributed by atoms with Gasteiger partial charge in [0.2, 0.25) is 0 Å². The highest BCUT2D eigenvalue weighted by Gasteiger charge is 2.19. The first-order valence-corrected chi connectivity index (χ1v) is 5.25. The molecule has 0 N–H and O–H groups in total. The van der Waals surface area contributed by atoms with Crippen LogP contribution in [0.1, 0.15) is 55.0 Å². The third-order valence-electron chi connectivity index (χ3n) is 3.00. The SMILES string of the molecule is CC(=O)c1cn(C2CCCC2)c(C)n1. The molecule has 1 aliphatic rings. The van der Waals surface area contributed by atoms with Crippen LogP contribution in [0, 0.1) is 6.92 Å². The van der Waals surface area contributed by atoms with Gasteiger partial charge in [0.25, 0.3) is 0 Å². The maximum atomic E-state index is 11.1. The summed E-state index contributed by atoms with van der Waals surface area (Å²) in [6.45, 7) is 3.55. The molecule has 0 unspecified atom stereocenters. The van der Waals surface area contributed by atoms with Crippen LogP contribution in [0.2, 0.25) is 0 Å². The third-order valence-corrected chi connectivity index (χ3v) is 3.00. The zero-order chi connectivity index (χ0) is 10.1. The quantitative estimate of drug-likeness (QED) is 0.675. The van der Waals surface area contributed by atoms with E-state index in [1.165, 1.54) is 25.7 Å². The minimum atomic E-state index is 0.0600. The Morgan fingerprint density at radius 3 is 2.64 bits per heavy atom. The minimum absolute atomic E-state index is 0.0600. The maximum Gasteiger partial charge on any atom is 0.179 e. The average molecular weight is 192 g/mol. The topological polar surface area (TPSA) is 34.9 Å². The van der Waals surface area contributed by atoms with Gasteiger partial charge >= 0.3 is 0 Å². The molecular weight excluding hydrogens is 176 g/mol. The second kappa shape index (κ2) is 3.56. The molecule has 1 saturated carbocycles. The van der Waals surface area contributed by atoms with Crippen molar-refractivity contribution in [2.24, 2.45) is 0 Å². The van der Waals surface area contributed by atoms with Crippen molar-refractivity contribution in [1.82, 2.24) is 9.55 Å². The summed E-state index contributed by atoms with van der Waals surface area (Å²) in [5.74, 6) is 1.03. The summed E-state index contributed by atoms with van der Waals surface area (Å²) in [6, 6.07) is 0.579. The van der Waals surface area contributed by atoms with Gasteiger partial charge in [-0.2, -0.15) is 0 Å². The fourth-order valence-electron chi connectivity index (χ4n) is 2.21. The van der Waals surface area contributed by atoms with Crippen LogP contribution < -0.4 is 0 Å². The zero-order valence-corrected chi connectivity index (χ0v) is 8.79. The fourth-order valence-corrected chi connectivity index (χ4v) is 2.21. The van der Waals surface area contributed by atoms with Gasteiger partial charge in [0.1, 0.15) is 11.5 Å². The number of nitrogens with zero attached hydrogens (tertiary/aromatic N) is 2. The summed E-state index contributed by atoms with van der Waals surface area (Å²) in [4.78, 5) is 15.4. The number of carbonyl (C=O) groups excluding carboxylic acids is 1. The van der Waals surface area contributed by atoms with Gasteiger partial charge in [-0.1, -0.05) is 12.8 Å². The summed E-state index contributed by atoms with van der Waals surface area (Å²) in [6.07, 6.45) is 6.98. The molecule has 3 nitrogen and oxygen atoms in total. The van der Waals surface area contributed by atoms with Gasteiger partial charge in [0.05, 0.1) is 0 Å². The smallest absolute Gasteiger partial charge is 0.179 e. The Hall–Kier alpha value is -1.12. The molecule has 1 aliphatic carbocycles. The van der Waals surface area contributed by atoms with E-state index >= 15 is 0 Å². The van der Waals surface area contributed by atoms with E-state index in [1.807, 2.05) is 13.1 Å². The molecule has 3 heteroatoms. The van der Waals surface area contributed by atoms with E-state index in [4.69, 9.17) is 0 Å². The molecule has 14 heavy (non-hydrogen) atoms. The standard InChI is InChI=1S/C11H16N2O/c1-8(14)11-7-13(9(2)12-11)10-5-3-4-6-10/h7,10H,3-6H2,1-2H3. The highest BCUT2D eigenvalue weighted by Crippen LogP contribution is 2.30. The number of ketones is 1. The largest absolute Gasteiger partial charge is 0.331 e. The number of carbonyl (C=O) groups is 1. The molecular formula is C11H16N2O. The van der Waals surface area contributed by atoms with E-state index in [0.29, 0.717) is 11.7 Å². The first-order valence-electron chi connectivity index (χ1n) is 5.25. The number of hydrogen-bond acceptors (Lipinski definition) is 2. The van der Waals surface area contributed by atoms with Crippen LogP contribution in [-0.2, 0) is 0 Å². The molecule has 1 fully saturated rings. The average Bonchev–Trinajstić information content (AvgIpc) is 2.71. The minimum Gasteiger partial charge on any atom is -0.331 e. The Morgan fingerprint density at radius 2 is 2.14 bits per heavy atom. The lowest BCUT2D eigenvalue weighted by Gasteiger charge is -2.12. The lowest BCUT2D eigenvalue weighted by Crippen LogP contribution is -2.05. The van der Waals surface area contributed by atoms with Crippen molar-refractivity contribution in [3.63, 3.8) is 0 Å². The molecule has 0 amide bonds. The summed E-state index contributed by atoms with van der Waals surface area (Å²) < 4.78 is 2.17. The van der Waals surface area contributed by atoms with E-state index in [9.17, 15) is 4.79 Å². The molecule has 0 aliphatic heterocycles. The van der Waals surface area contributed by atoms with Crippen molar-refractivity contribution in [3.05, 3.63) is 17.7 Å². The summed E-state index contributed by atoms with van der Waals surface area (Å²) in [7, 11) is 0. The Morgan fingerprint density at radius 1 is 1.50 bits per heavy atom. The van der Waals surface area contributed by atoms with Crippen LogP contribution in [0.4, 0.5) is 0 Å². The monoisotopic (exact) mass is 192 g/mol. The van der Waals surface area contributed by atoms with Crippen molar-refractivity contribution in [1.29, 1.82) is 0 Å². The van der Waals surface area contributed by atoms with E-state index in [2.05, 4.69) is 9.55 Å². The van der Waals surface area contributed by atoms with E-state index < -0.39 is 0 Å². The molecule has 0 spiro atoms. The number of imidazole rings is 1. The molecule has 0 bridgehead atoms. The van der Waals surface area contributed by atoms with Gasteiger partial charge in [-0.3, -0.25) is 4.79 Å². The second-order valence-corrected chi connectivity index (χ2v) is 4.08. The van der Waals surface area contributed by atoms with E-state index in [0.717, 1.165) is 5.82 Å². The molecule has 0 saturated heterocycles. The number of hydrogen-bond donors (Lipinski definition) is 0. The number of Topliss-reactive ketones (excluding diaryl/α,β-unsaturated/α-hetero) is 1. The van der Waals surface area contributed by atoms with E-state index in [-0.39, 0.29) is 5.78 Å². The second-order valence-electron chi connectivity index (χ2n) is 4.08. The highest BCUT2D eigenvalue weighted by atomic mass is 16.1. The number of aryl methyl sites for hydroxylation is 1. The molecule has 1 aromatic heterocycles. The Kier molecular flexibility index (Phi) is 2.40. The van der Waals surface area contributed by atoms with Gasteiger partial charge in [-0.05, 0) is 19.8 Å². The lowest BCUT2D eigenvalue weighted by atomic mass is 10.2. The van der Waals surface area contributed by atoms with Gasteiger partial charge in [0.15, 0.2) is 5.78 Å². The first-order chi connectivity index (χ1) is 6.68. The van der Waals surface area contributed by atoms with Gasteiger partial charge in [0, 0.05) is 19.2 Å². The molecule has 1 heterocycles. The summed E-state index contributed by atoms with van der Waals surface area (Å²) in [5.41, 5.74) is 0.606. The lowest BCUT2D eigenvalue weighted by molar-refractivity contribution is 0.101. The molecule has 0 radical (unpaired) electrons. The van der Waals surface area contributed by atoms with Crippen LogP contribution in [0.3, 0.4) is 0 Å². The van der Waals surface area contributed by atoms with Crippen molar-refractivity contribution >= 4 is 5.78 Å². The highest BCUT2D eigenvalue weighted by molar-refractivity contribution is 5.91. The Labute approximate surface area is 84.1 Å². The van der Waals surface area contributed by atoms with Crippen LogP contribution >= 0.6 is 0 Å². The summed E-state index contributed by atoms with van der Waals surface area (Å²) in [5, 5.41) is 0. The maximum absolute atomic E-state index is 11.1. The zero-order valence-electron chi connectivity index (χ0n) is 8.79. The Balaban J connectivity index is 2.28. The predicted octanol–water partition coefficient (Wildman–Crippen LogP) is 2.51. The Bertz CT molecular complexity index is 348. The van der Waals surface area contributed by atoms with Crippen molar-refractivity contribution < 1.29 is 4.79 Å². The van der Waals surface area contributed by atoms with E-state index in [1.54, 1.807) is 6.92 Å². The van der Waals surface area contributed by atoms with Crippen LogP contribution in [0.15, 0.2) is 6.20 Å². The van der Waals surface area contributed by atoms with Crippen LogP contribution in [0.25, 0.3) is 0 Å². The molecule has 0 atom stereocenters. The fraction of sp³-hybridized carbons (Fsp3) is 0.636. The van der Waals surface area contributed by atoms with Gasteiger partial charge in [-0.25, -0.2) is 4.98 Å². The van der Waals surface area contributed by atoms with Gasteiger partial charge < -0.3 is 4.57 Å². The number of aromatic nitrogens is 2. The normalized spacial score (nSPS) is 17.6. The molecule has 76 valence electrons. The number of rotatable bonds is 2. The van der Waals surface area contributed by atoms with Crippen molar-refractivity contribution in [2.75, 3.05) is 0 Å². The van der Waals surface area contributed by atoms with Crippen LogP contribution in [0.5, 0.6) is 0 Å². The third kappa shape index (κ3) is 1.59. The predicted molar refractivity (Wildman–Crippen MR) is 54.5 cm³/mol. The first kappa shape index (κ1) is 9.44. The van der Waals surface area contributed by atoms with Crippen LogP contribution in [-0.4, -0.2) is 15.3 Å². The molecule has 1 aromatic rings. The van der Waals surface area contributed by atoms with Crippen molar-refractivity contribution in [2.45, 2.75) is 45.6 Å². The molecule has 0 aromatic carbocycles. The van der Waals surface area contributed by atoms with Gasteiger partial charge in [-0.15, -0.1) is 0 Å². The summed E-state index contributed by atoms with van der Waals surface area (Å²) >= 11 is 0.